The predicted octanol–water partition coefficient (Wildman–Crippen LogP) is 0.0475. The van der Waals surface area contributed by atoms with Gasteiger partial charge >= 0.3 is 0 Å². The Morgan fingerprint density at radius 2 is 1.95 bits per heavy atom. The monoisotopic (exact) mass is 290 g/mol. The van der Waals surface area contributed by atoms with E-state index in [2.05, 4.69) is 39.8 Å². The summed E-state index contributed by atoms with van der Waals surface area (Å²) in [6, 6.07) is 10.5. The highest BCUT2D eigenvalue weighted by Crippen LogP contribution is 2.03. The second-order valence-corrected chi connectivity index (χ2v) is 6.32. The number of aromatic nitrogens is 4. The molecular formula is C14H20N5S+. The zero-order valence-electron chi connectivity index (χ0n) is 11.5. The van der Waals surface area contributed by atoms with Gasteiger partial charge in [0, 0.05) is 18.1 Å². The van der Waals surface area contributed by atoms with Gasteiger partial charge in [-0.1, -0.05) is 30.3 Å². The molecule has 3 rings (SSSR count). The van der Waals surface area contributed by atoms with Gasteiger partial charge in [0.15, 0.2) is 0 Å². The van der Waals surface area contributed by atoms with Gasteiger partial charge < -0.3 is 4.90 Å². The second kappa shape index (κ2) is 6.85. The van der Waals surface area contributed by atoms with Crippen LogP contribution in [0.5, 0.6) is 0 Å². The molecule has 0 spiro atoms. The number of thioether (sulfide) groups is 1. The molecule has 0 radical (unpaired) electrons. The lowest BCUT2D eigenvalue weighted by atomic mass is 10.1. The summed E-state index contributed by atoms with van der Waals surface area (Å²) < 4.78 is 1.96. The van der Waals surface area contributed by atoms with Gasteiger partial charge in [-0.2, -0.15) is 11.8 Å². The summed E-state index contributed by atoms with van der Waals surface area (Å²) in [6.45, 7) is 4.24. The Morgan fingerprint density at radius 3 is 2.75 bits per heavy atom. The van der Waals surface area contributed by atoms with E-state index in [-0.39, 0.29) is 0 Å². The third-order valence-corrected chi connectivity index (χ3v) is 4.65. The number of rotatable bonds is 5. The van der Waals surface area contributed by atoms with Crippen LogP contribution in [0.1, 0.15) is 11.4 Å². The Balaban J connectivity index is 1.58. The molecule has 1 aromatic heterocycles. The molecule has 0 bridgehead atoms. The Kier molecular flexibility index (Phi) is 4.65. The first-order chi connectivity index (χ1) is 9.92. The molecule has 106 valence electrons. The molecule has 6 heteroatoms. The summed E-state index contributed by atoms with van der Waals surface area (Å²) in [4.78, 5) is 1.60. The second-order valence-electron chi connectivity index (χ2n) is 5.09. The van der Waals surface area contributed by atoms with E-state index in [1.807, 2.05) is 22.5 Å². The summed E-state index contributed by atoms with van der Waals surface area (Å²) in [5.41, 5.74) is 1.33. The quantitative estimate of drug-likeness (QED) is 0.845. The molecule has 20 heavy (non-hydrogen) atoms. The maximum Gasteiger partial charge on any atom is 0.206 e. The number of aryl methyl sites for hydroxylation is 2. The maximum atomic E-state index is 4.20. The Labute approximate surface area is 123 Å². The molecular weight excluding hydrogens is 270 g/mol. The smallest absolute Gasteiger partial charge is 0.206 e. The number of hydrogen-bond donors (Lipinski definition) is 1. The zero-order chi connectivity index (χ0) is 13.6. The highest BCUT2D eigenvalue weighted by Gasteiger charge is 2.18. The molecule has 5 nitrogen and oxygen atoms in total. The van der Waals surface area contributed by atoms with Gasteiger partial charge in [-0.05, 0) is 22.4 Å². The Bertz CT molecular complexity index is 521. The predicted molar refractivity (Wildman–Crippen MR) is 79.7 cm³/mol. The summed E-state index contributed by atoms with van der Waals surface area (Å²) in [7, 11) is 0. The van der Waals surface area contributed by atoms with Gasteiger partial charge in [-0.15, -0.1) is 5.10 Å². The van der Waals surface area contributed by atoms with Gasteiger partial charge in [0.05, 0.1) is 13.1 Å². The van der Waals surface area contributed by atoms with Crippen LogP contribution in [0.4, 0.5) is 0 Å². The van der Waals surface area contributed by atoms with E-state index < -0.39 is 0 Å². The molecule has 1 aromatic carbocycles. The highest BCUT2D eigenvalue weighted by molar-refractivity contribution is 7.99. The number of quaternary nitrogens is 1. The summed E-state index contributed by atoms with van der Waals surface area (Å²) in [5.74, 6) is 3.52. The fourth-order valence-electron chi connectivity index (χ4n) is 2.46. The first-order valence-corrected chi connectivity index (χ1v) is 8.27. The fourth-order valence-corrected chi connectivity index (χ4v) is 3.53. The lowest BCUT2D eigenvalue weighted by molar-refractivity contribution is -0.910. The molecule has 1 saturated heterocycles. The zero-order valence-corrected chi connectivity index (χ0v) is 12.4. The molecule has 1 aliphatic heterocycles. The van der Waals surface area contributed by atoms with E-state index in [9.17, 15) is 0 Å². The van der Waals surface area contributed by atoms with Crippen LogP contribution in [0.2, 0.25) is 0 Å². The van der Waals surface area contributed by atoms with Crippen molar-refractivity contribution < 1.29 is 4.90 Å². The van der Waals surface area contributed by atoms with Crippen LogP contribution in [0, 0.1) is 0 Å². The minimum Gasteiger partial charge on any atom is -0.327 e. The first kappa shape index (κ1) is 13.6. The van der Waals surface area contributed by atoms with Crippen molar-refractivity contribution in [3.63, 3.8) is 0 Å². The summed E-state index contributed by atoms with van der Waals surface area (Å²) >= 11 is 2.04. The minimum atomic E-state index is 0.856. The molecule has 0 atom stereocenters. The molecule has 1 fully saturated rings. The number of nitrogens with zero attached hydrogens (tertiary/aromatic N) is 4. The van der Waals surface area contributed by atoms with Crippen molar-refractivity contribution in [2.75, 3.05) is 24.6 Å². The van der Waals surface area contributed by atoms with Crippen molar-refractivity contribution in [2.45, 2.75) is 19.5 Å². The van der Waals surface area contributed by atoms with Crippen LogP contribution in [-0.4, -0.2) is 44.8 Å². The van der Waals surface area contributed by atoms with Crippen LogP contribution in [0.15, 0.2) is 30.3 Å². The Morgan fingerprint density at radius 1 is 1.15 bits per heavy atom. The van der Waals surface area contributed by atoms with E-state index in [4.69, 9.17) is 0 Å². The standard InChI is InChI=1S/C14H19N5S/c1-2-4-13(5-3-1)6-7-19-14(15-16-17-19)12-18-8-10-20-11-9-18/h1-5H,6-12H2/p+1. The van der Waals surface area contributed by atoms with Crippen LogP contribution in [0.3, 0.4) is 0 Å². The first-order valence-electron chi connectivity index (χ1n) is 7.12. The van der Waals surface area contributed by atoms with E-state index in [0.717, 1.165) is 25.3 Å². The number of hydrogen-bond acceptors (Lipinski definition) is 4. The average Bonchev–Trinajstić information content (AvgIpc) is 2.94. The lowest BCUT2D eigenvalue weighted by Gasteiger charge is -2.22. The third kappa shape index (κ3) is 3.58. The van der Waals surface area contributed by atoms with Crippen LogP contribution < -0.4 is 4.90 Å². The van der Waals surface area contributed by atoms with Crippen molar-refractivity contribution in [2.24, 2.45) is 0 Å². The van der Waals surface area contributed by atoms with E-state index >= 15 is 0 Å². The van der Waals surface area contributed by atoms with Crippen molar-refractivity contribution in [3.05, 3.63) is 41.7 Å². The highest BCUT2D eigenvalue weighted by atomic mass is 32.2. The van der Waals surface area contributed by atoms with Crippen LogP contribution >= 0.6 is 11.8 Å². The van der Waals surface area contributed by atoms with E-state index in [0.29, 0.717) is 0 Å². The summed E-state index contributed by atoms with van der Waals surface area (Å²) in [6.07, 6.45) is 0.976. The van der Waals surface area contributed by atoms with Crippen molar-refractivity contribution in [1.29, 1.82) is 0 Å². The van der Waals surface area contributed by atoms with E-state index in [1.54, 1.807) is 4.90 Å². The largest absolute Gasteiger partial charge is 0.327 e. The van der Waals surface area contributed by atoms with Crippen molar-refractivity contribution in [3.8, 4) is 0 Å². The Hall–Kier alpha value is -1.40. The SMILES string of the molecule is c1ccc(CCn2nnnc2C[NH+]2CCSCC2)cc1. The van der Waals surface area contributed by atoms with Gasteiger partial charge in [-0.25, -0.2) is 4.68 Å². The van der Waals surface area contributed by atoms with Gasteiger partial charge in [0.2, 0.25) is 5.82 Å². The molecule has 0 aliphatic carbocycles. The van der Waals surface area contributed by atoms with Gasteiger partial charge in [-0.3, -0.25) is 0 Å². The molecule has 1 aliphatic rings. The topological polar surface area (TPSA) is 48.0 Å². The van der Waals surface area contributed by atoms with Gasteiger partial charge in [0.1, 0.15) is 6.54 Å². The minimum absolute atomic E-state index is 0.856. The molecule has 0 saturated carbocycles. The van der Waals surface area contributed by atoms with Gasteiger partial charge in [0.25, 0.3) is 0 Å². The van der Waals surface area contributed by atoms with E-state index in [1.165, 1.54) is 30.2 Å². The molecule has 0 amide bonds. The molecule has 1 N–H and O–H groups in total. The van der Waals surface area contributed by atoms with Crippen molar-refractivity contribution >= 4 is 11.8 Å². The molecule has 2 aromatic rings. The lowest BCUT2D eigenvalue weighted by Crippen LogP contribution is -3.12. The van der Waals surface area contributed by atoms with Crippen molar-refractivity contribution in [1.82, 2.24) is 20.2 Å². The molecule has 2 heterocycles. The normalized spacial score (nSPS) is 16.4. The number of nitrogens with one attached hydrogen (secondary N) is 1. The fraction of sp³-hybridized carbons (Fsp3) is 0.500. The van der Waals surface area contributed by atoms with Crippen LogP contribution in [-0.2, 0) is 19.5 Å². The number of tetrazole rings is 1. The van der Waals surface area contributed by atoms with Crippen LogP contribution in [0.25, 0.3) is 0 Å². The average molecular weight is 290 g/mol. The summed E-state index contributed by atoms with van der Waals surface area (Å²) in [5, 5.41) is 12.2. The molecule has 0 unspecified atom stereocenters. The maximum absolute atomic E-state index is 4.20. The third-order valence-electron chi connectivity index (χ3n) is 3.67. The number of benzene rings is 1.